The topological polar surface area (TPSA) is 244 Å². The van der Waals surface area contributed by atoms with Crippen LogP contribution in [0.15, 0.2) is 156 Å². The van der Waals surface area contributed by atoms with E-state index in [1.165, 1.54) is 12.1 Å². The normalized spacial score (nSPS) is 10.9. The summed E-state index contributed by atoms with van der Waals surface area (Å²) in [6.07, 6.45) is 3.06. The minimum absolute atomic E-state index is 0.244. The minimum atomic E-state index is -0.752. The number of nitriles is 2. The number of hydrogen-bond donors (Lipinski definition) is 4. The van der Waals surface area contributed by atoms with E-state index in [9.17, 15) is 19.2 Å². The molecule has 0 aliphatic carbocycles. The second kappa shape index (κ2) is 25.9. The van der Waals surface area contributed by atoms with E-state index in [0.29, 0.717) is 82.5 Å². The van der Waals surface area contributed by atoms with Crippen molar-refractivity contribution in [1.82, 2.24) is 10.6 Å². The molecule has 0 radical (unpaired) electrons. The van der Waals surface area contributed by atoms with Crippen molar-refractivity contribution < 1.29 is 47.8 Å². The Kier molecular flexibility index (Phi) is 18.4. The van der Waals surface area contributed by atoms with Crippen molar-refractivity contribution in [1.29, 1.82) is 10.5 Å². The summed E-state index contributed by atoms with van der Waals surface area (Å²) in [5.74, 6) is 1.11. The number of unbranched alkanes of at least 4 members (excludes halogenated alkanes) is 3. The lowest BCUT2D eigenvalue weighted by Crippen LogP contribution is -2.25. The number of aryl methyl sites for hydroxylation is 2. The second-order valence-electron chi connectivity index (χ2n) is 15.1. The zero-order valence-electron chi connectivity index (χ0n) is 38.0. The maximum Gasteiger partial charge on any atom is 0.433 e. The average Bonchev–Trinajstić information content (AvgIpc) is 3.36. The highest BCUT2D eigenvalue weighted by atomic mass is 16.7. The largest absolute Gasteiger partial charge is 0.433 e. The molecule has 70 heavy (non-hydrogen) atoms. The summed E-state index contributed by atoms with van der Waals surface area (Å²) in [7, 11) is 0. The molecule has 18 nitrogen and oxygen atoms in total. The van der Waals surface area contributed by atoms with E-state index >= 15 is 0 Å². The van der Waals surface area contributed by atoms with Crippen LogP contribution < -0.4 is 40.2 Å². The molecule has 0 aliphatic rings. The minimum Gasteiger partial charge on any atom is -0.410 e. The van der Waals surface area contributed by atoms with Crippen molar-refractivity contribution in [3.8, 4) is 35.5 Å². The Morgan fingerprint density at radius 3 is 1.21 bits per heavy atom. The Morgan fingerprint density at radius 1 is 0.471 bits per heavy atom. The quantitative estimate of drug-likeness (QED) is 0.0195. The molecule has 0 saturated carbocycles. The first kappa shape index (κ1) is 49.7. The van der Waals surface area contributed by atoms with E-state index in [1.807, 2.05) is 60.7 Å². The van der Waals surface area contributed by atoms with Crippen LogP contribution in [-0.4, -0.2) is 48.9 Å². The van der Waals surface area contributed by atoms with Crippen LogP contribution in [0.4, 0.5) is 30.6 Å². The predicted molar refractivity (Wildman–Crippen MR) is 259 cm³/mol. The summed E-state index contributed by atoms with van der Waals surface area (Å²) in [4.78, 5) is 60.9. The first-order valence-corrected chi connectivity index (χ1v) is 21.8. The average molecular weight is 943 g/mol. The first-order chi connectivity index (χ1) is 34.1. The molecule has 0 unspecified atom stereocenters. The van der Waals surface area contributed by atoms with Crippen molar-refractivity contribution in [3.05, 3.63) is 179 Å². The summed E-state index contributed by atoms with van der Waals surface area (Å²) in [6, 6.07) is 41.0. The SMILES string of the molecule is Cc1ccc(NC(=O)Oc2ccc(/C(=N/OC(=O)NCCCCCCNC(=O)O/N=C(\c3ccccc3)c3ccc(OC(=O)Nc4ccc(C)c(OC#N)c4)cc3)c3ccccc3)cc2)cc1OC#N. The molecule has 0 bridgehead atoms. The van der Waals surface area contributed by atoms with E-state index in [-0.39, 0.29) is 11.5 Å². The Morgan fingerprint density at radius 2 is 0.843 bits per heavy atom. The molecular weight excluding hydrogens is 897 g/mol. The fourth-order valence-corrected chi connectivity index (χ4v) is 6.50. The van der Waals surface area contributed by atoms with Crippen LogP contribution in [0.1, 0.15) is 59.1 Å². The van der Waals surface area contributed by atoms with Gasteiger partial charge in [-0.25, -0.2) is 19.2 Å². The third-order valence-electron chi connectivity index (χ3n) is 10.0. The molecule has 4 N–H and O–H groups in total. The zero-order valence-corrected chi connectivity index (χ0v) is 38.0. The van der Waals surface area contributed by atoms with Gasteiger partial charge in [-0.05, 0) is 98.5 Å². The number of carbonyl (C=O) groups is 4. The van der Waals surface area contributed by atoms with Gasteiger partial charge in [-0.1, -0.05) is 95.9 Å². The van der Waals surface area contributed by atoms with Crippen molar-refractivity contribution >= 4 is 47.2 Å². The Hall–Kier alpha value is -9.68. The number of rotatable bonds is 19. The van der Waals surface area contributed by atoms with Crippen molar-refractivity contribution in [2.75, 3.05) is 23.7 Å². The lowest BCUT2D eigenvalue weighted by molar-refractivity contribution is 0.149. The van der Waals surface area contributed by atoms with Crippen LogP contribution in [0.5, 0.6) is 23.0 Å². The summed E-state index contributed by atoms with van der Waals surface area (Å²) in [5.41, 5.74) is 5.51. The highest BCUT2D eigenvalue weighted by Crippen LogP contribution is 2.25. The number of benzene rings is 6. The molecule has 0 aliphatic heterocycles. The van der Waals surface area contributed by atoms with Crippen molar-refractivity contribution in [2.45, 2.75) is 39.5 Å². The second-order valence-corrected chi connectivity index (χ2v) is 15.1. The first-order valence-electron chi connectivity index (χ1n) is 21.8. The maximum absolute atomic E-state index is 12.6. The van der Waals surface area contributed by atoms with Gasteiger partial charge in [0.25, 0.3) is 12.5 Å². The van der Waals surface area contributed by atoms with Gasteiger partial charge in [0.15, 0.2) is 0 Å². The Bertz CT molecular complexity index is 2700. The lowest BCUT2D eigenvalue weighted by atomic mass is 10.0. The monoisotopic (exact) mass is 942 g/mol. The predicted octanol–water partition coefficient (Wildman–Crippen LogP) is 10.5. The molecule has 0 heterocycles. The fraction of sp³-hybridized carbons (Fsp3) is 0.154. The van der Waals surface area contributed by atoms with Gasteiger partial charge < -0.3 is 29.6 Å². The van der Waals surface area contributed by atoms with Crippen molar-refractivity contribution in [3.63, 3.8) is 0 Å². The summed E-state index contributed by atoms with van der Waals surface area (Å²) in [5, 5.41) is 36.6. The standard InChI is InChI=1S/C52H46N8O10/c1-35-17-23-41(31-45(35)65-33-53)57-51(63)67-43-25-19-39(20-26-43)47(37-13-7-5-8-14-37)59-69-49(61)55-29-11-3-4-12-30-56-50(62)70-60-48(38-15-9-6-10-16-38)40-21-27-44(28-22-40)68-52(64)58-42-24-18-36(2)46(32-42)66-34-54/h5-10,13-28,31-32H,3-4,11-12,29-30H2,1-2H3,(H,55,61)(H,56,62)(H,57,63)(H,58,64)/b59-47+,60-48+. The number of ether oxygens (including phenoxy) is 4. The van der Waals surface area contributed by atoms with E-state index < -0.39 is 24.4 Å². The van der Waals surface area contributed by atoms with Crippen LogP contribution in [0.3, 0.4) is 0 Å². The summed E-state index contributed by atoms with van der Waals surface area (Å²) in [6.45, 7) is 4.20. The third-order valence-corrected chi connectivity index (χ3v) is 10.0. The van der Waals surface area contributed by atoms with Crippen LogP contribution in [0, 0.1) is 36.9 Å². The van der Waals surface area contributed by atoms with Crippen molar-refractivity contribution in [2.24, 2.45) is 10.3 Å². The number of amides is 4. The van der Waals surface area contributed by atoms with Gasteiger partial charge in [-0.2, -0.15) is 0 Å². The molecule has 0 atom stereocenters. The van der Waals surface area contributed by atoms with Crippen LogP contribution in [-0.2, 0) is 9.68 Å². The molecular formula is C52H46N8O10. The van der Waals surface area contributed by atoms with E-state index in [4.69, 9.17) is 39.1 Å². The number of carbonyl (C=O) groups excluding carboxylic acids is 4. The number of nitrogens with zero attached hydrogens (tertiary/aromatic N) is 4. The number of hydrogen-bond acceptors (Lipinski definition) is 14. The molecule has 354 valence electrons. The van der Waals surface area contributed by atoms with Gasteiger partial charge in [0.1, 0.15) is 34.4 Å². The molecule has 0 saturated heterocycles. The smallest absolute Gasteiger partial charge is 0.410 e. The summed E-state index contributed by atoms with van der Waals surface area (Å²) < 4.78 is 20.7. The van der Waals surface area contributed by atoms with Gasteiger partial charge in [0.05, 0.1) is 0 Å². The van der Waals surface area contributed by atoms with Crippen LogP contribution >= 0.6 is 0 Å². The Balaban J connectivity index is 0.911. The molecule has 18 heteroatoms. The highest BCUT2D eigenvalue weighted by molar-refractivity contribution is 6.13. The fourth-order valence-electron chi connectivity index (χ4n) is 6.50. The lowest BCUT2D eigenvalue weighted by Gasteiger charge is -2.10. The Labute approximate surface area is 403 Å². The molecule has 6 rings (SSSR count). The van der Waals surface area contributed by atoms with Gasteiger partial charge >= 0.3 is 24.4 Å². The molecule has 4 amide bonds. The third kappa shape index (κ3) is 15.5. The van der Waals surface area contributed by atoms with Crippen LogP contribution in [0.25, 0.3) is 0 Å². The molecule has 0 fully saturated rings. The maximum atomic E-state index is 12.6. The van der Waals surface area contributed by atoms with Gasteiger partial charge in [0.2, 0.25) is 0 Å². The molecule has 0 spiro atoms. The molecule has 6 aromatic carbocycles. The van der Waals surface area contributed by atoms with Gasteiger partial charge in [-0.15, -0.1) is 10.5 Å². The molecule has 0 aromatic heterocycles. The van der Waals surface area contributed by atoms with E-state index in [0.717, 1.165) is 24.0 Å². The number of anilines is 2. The summed E-state index contributed by atoms with van der Waals surface area (Å²) >= 11 is 0. The van der Waals surface area contributed by atoms with Crippen LogP contribution in [0.2, 0.25) is 0 Å². The molecule has 6 aromatic rings. The van der Waals surface area contributed by atoms with Gasteiger partial charge in [0, 0.05) is 58.9 Å². The van der Waals surface area contributed by atoms with E-state index in [2.05, 4.69) is 31.6 Å². The van der Waals surface area contributed by atoms with Gasteiger partial charge in [-0.3, -0.25) is 20.3 Å². The number of nitrogens with one attached hydrogen (secondary N) is 4. The highest BCUT2D eigenvalue weighted by Gasteiger charge is 2.15. The zero-order chi connectivity index (χ0) is 49.5. The van der Waals surface area contributed by atoms with E-state index in [1.54, 1.807) is 99.2 Å². The number of oxime groups is 2.